The molecule has 0 unspecified atom stereocenters. The number of ether oxygens (including phenoxy) is 1. The quantitative estimate of drug-likeness (QED) is 0.654. The molecule has 2 N–H and O–H groups in total. The Hall–Kier alpha value is -3.23. The van der Waals surface area contributed by atoms with Gasteiger partial charge < -0.3 is 24.6 Å². The molecule has 2 aliphatic rings. The zero-order valence-corrected chi connectivity index (χ0v) is 17.2. The Labute approximate surface area is 179 Å². The van der Waals surface area contributed by atoms with Gasteiger partial charge in [-0.05, 0) is 24.6 Å². The molecule has 1 aromatic carbocycles. The van der Waals surface area contributed by atoms with Gasteiger partial charge in [-0.25, -0.2) is 0 Å². The summed E-state index contributed by atoms with van der Waals surface area (Å²) >= 11 is 0. The second-order valence-corrected chi connectivity index (χ2v) is 8.13. The van der Waals surface area contributed by atoms with Crippen LogP contribution in [-0.4, -0.2) is 58.9 Å². The van der Waals surface area contributed by atoms with Crippen LogP contribution in [0, 0.1) is 0 Å². The minimum atomic E-state index is -1.65. The monoisotopic (exact) mass is 420 g/mol. The Balaban J connectivity index is 1.40. The lowest BCUT2D eigenvalue weighted by molar-refractivity contribution is -0.144. The molecule has 2 aromatic heterocycles. The van der Waals surface area contributed by atoms with Crippen LogP contribution in [0.15, 0.2) is 53.2 Å². The Bertz CT molecular complexity index is 1110. The average molecular weight is 420 g/mol. The number of carbonyl (C=O) groups is 1. The summed E-state index contributed by atoms with van der Waals surface area (Å²) in [5, 5.41) is 18.4. The van der Waals surface area contributed by atoms with E-state index in [1.165, 1.54) is 4.90 Å². The number of likely N-dealkylation sites (tertiary alicyclic amines) is 1. The van der Waals surface area contributed by atoms with Gasteiger partial charge in [0, 0.05) is 55.7 Å². The molecule has 0 aliphatic carbocycles. The van der Waals surface area contributed by atoms with Gasteiger partial charge in [0.15, 0.2) is 5.76 Å². The van der Waals surface area contributed by atoms with Gasteiger partial charge in [-0.15, -0.1) is 0 Å². The van der Waals surface area contributed by atoms with E-state index in [1.54, 1.807) is 19.3 Å². The predicted octanol–water partition coefficient (Wildman–Crippen LogP) is 2.65. The van der Waals surface area contributed by atoms with E-state index in [0.29, 0.717) is 24.9 Å². The van der Waals surface area contributed by atoms with Crippen molar-refractivity contribution in [2.24, 2.45) is 0 Å². The highest BCUT2D eigenvalue weighted by molar-refractivity contribution is 5.87. The Morgan fingerprint density at radius 1 is 1.19 bits per heavy atom. The molecule has 160 valence electrons. The molecule has 31 heavy (non-hydrogen) atoms. The van der Waals surface area contributed by atoms with Gasteiger partial charge in [0.1, 0.15) is 5.69 Å². The summed E-state index contributed by atoms with van der Waals surface area (Å²) in [6, 6.07) is 13.7. The summed E-state index contributed by atoms with van der Waals surface area (Å²) in [7, 11) is 1.66. The van der Waals surface area contributed by atoms with Crippen LogP contribution < -0.4 is 5.32 Å². The van der Waals surface area contributed by atoms with E-state index in [1.807, 2.05) is 36.4 Å². The van der Waals surface area contributed by atoms with Crippen LogP contribution in [0.4, 0.5) is 5.69 Å². The number of carbonyl (C=O) groups excluding carboxylic acids is 1. The Kier molecular flexibility index (Phi) is 4.95. The van der Waals surface area contributed by atoms with Crippen LogP contribution in [-0.2, 0) is 15.1 Å². The molecule has 2 fully saturated rings. The maximum atomic E-state index is 12.3. The van der Waals surface area contributed by atoms with E-state index in [2.05, 4.69) is 15.5 Å². The summed E-state index contributed by atoms with van der Waals surface area (Å²) in [6.07, 6.45) is 3.06. The van der Waals surface area contributed by atoms with Gasteiger partial charge in [0.25, 0.3) is 5.91 Å². The lowest BCUT2D eigenvalue weighted by Gasteiger charge is -2.16. The van der Waals surface area contributed by atoms with Gasteiger partial charge in [-0.2, -0.15) is 0 Å². The fourth-order valence-corrected chi connectivity index (χ4v) is 4.09. The second-order valence-electron chi connectivity index (χ2n) is 8.13. The molecule has 3 aromatic rings. The summed E-state index contributed by atoms with van der Waals surface area (Å²) in [6.45, 7) is 1.98. The van der Waals surface area contributed by atoms with E-state index in [-0.39, 0.29) is 18.1 Å². The van der Waals surface area contributed by atoms with Gasteiger partial charge in [0.05, 0.1) is 18.3 Å². The first-order chi connectivity index (χ1) is 15.0. The number of amides is 1. The number of hydrogen-bond donors (Lipinski definition) is 2. The Morgan fingerprint density at radius 2 is 2.03 bits per heavy atom. The fourth-order valence-electron chi connectivity index (χ4n) is 4.09. The predicted molar refractivity (Wildman–Crippen MR) is 114 cm³/mol. The minimum absolute atomic E-state index is 0.172. The zero-order chi connectivity index (χ0) is 21.4. The molecule has 0 radical (unpaired) electrons. The summed E-state index contributed by atoms with van der Waals surface area (Å²) in [4.78, 5) is 18.3. The van der Waals surface area contributed by atoms with Crippen LogP contribution in [0.5, 0.6) is 0 Å². The maximum absolute atomic E-state index is 12.3. The Morgan fingerprint density at radius 3 is 2.77 bits per heavy atom. The summed E-state index contributed by atoms with van der Waals surface area (Å²) in [5.74, 6) is -0.199. The molecule has 2 saturated heterocycles. The first kappa shape index (κ1) is 19.7. The number of hydrogen-bond acceptors (Lipinski definition) is 7. The first-order valence-corrected chi connectivity index (χ1v) is 10.4. The molecule has 0 spiro atoms. The van der Waals surface area contributed by atoms with Crippen molar-refractivity contribution in [1.82, 2.24) is 15.0 Å². The number of aliphatic hydroxyl groups is 1. The molecule has 5 rings (SSSR count). The van der Waals surface area contributed by atoms with Crippen molar-refractivity contribution in [3.05, 3.63) is 54.4 Å². The van der Waals surface area contributed by atoms with Crippen molar-refractivity contribution in [2.45, 2.75) is 24.5 Å². The van der Waals surface area contributed by atoms with E-state index < -0.39 is 5.60 Å². The van der Waals surface area contributed by atoms with E-state index in [4.69, 9.17) is 9.26 Å². The topological polar surface area (TPSA) is 101 Å². The van der Waals surface area contributed by atoms with Gasteiger partial charge in [-0.1, -0.05) is 23.4 Å². The highest BCUT2D eigenvalue weighted by Gasteiger charge is 2.48. The van der Waals surface area contributed by atoms with E-state index >= 15 is 0 Å². The molecular weight excluding hydrogens is 396 g/mol. The molecule has 8 heteroatoms. The summed E-state index contributed by atoms with van der Waals surface area (Å²) in [5.41, 5.74) is 2.50. The second kappa shape index (κ2) is 7.79. The molecule has 8 nitrogen and oxygen atoms in total. The first-order valence-electron chi connectivity index (χ1n) is 10.4. The van der Waals surface area contributed by atoms with Crippen LogP contribution in [0.3, 0.4) is 0 Å². The van der Waals surface area contributed by atoms with Crippen molar-refractivity contribution < 1.29 is 19.2 Å². The minimum Gasteiger partial charge on any atom is -0.380 e. The number of aromatic nitrogens is 2. The maximum Gasteiger partial charge on any atom is 0.262 e. The third-order valence-electron chi connectivity index (χ3n) is 5.94. The lowest BCUT2D eigenvalue weighted by Crippen LogP contribution is -2.35. The normalized spacial score (nSPS) is 23.5. The number of likely N-dealkylation sites (N-methyl/N-ethyl adjacent to an activating group) is 1. The third kappa shape index (κ3) is 3.68. The highest BCUT2D eigenvalue weighted by atomic mass is 16.5. The number of pyridine rings is 1. The van der Waals surface area contributed by atoms with E-state index in [9.17, 15) is 9.90 Å². The van der Waals surface area contributed by atoms with Crippen molar-refractivity contribution in [3.63, 3.8) is 0 Å². The standard InChI is InChI=1S/C23H24N4O4/c1-27-9-7-23(29,22(27)28)21-13-20(26-31-21)16-4-2-3-15(11-16)19-12-17(5-8-24-19)25-18-6-10-30-14-18/h2-5,8,11-13,18,29H,6-7,9-10,14H2,1H3,(H,24,25)/t18-,23+/m0/s1. The van der Waals surface area contributed by atoms with Crippen molar-refractivity contribution in [2.75, 3.05) is 32.1 Å². The SMILES string of the molecule is CN1CC[C@@](O)(c2cc(-c3cccc(-c4cc(N[C@H]5CCOC5)ccn4)c3)no2)C1=O. The van der Waals surface area contributed by atoms with Crippen LogP contribution in [0.25, 0.3) is 22.5 Å². The van der Waals surface area contributed by atoms with Crippen LogP contribution in [0.2, 0.25) is 0 Å². The molecule has 1 amide bonds. The van der Waals surface area contributed by atoms with Crippen molar-refractivity contribution in [1.29, 1.82) is 0 Å². The average Bonchev–Trinajstić information content (AvgIpc) is 3.54. The third-order valence-corrected chi connectivity index (χ3v) is 5.94. The zero-order valence-electron chi connectivity index (χ0n) is 17.2. The molecule has 2 atom stereocenters. The van der Waals surface area contributed by atoms with Crippen LogP contribution >= 0.6 is 0 Å². The van der Waals surface area contributed by atoms with Gasteiger partial charge >= 0.3 is 0 Å². The van der Waals surface area contributed by atoms with Crippen molar-refractivity contribution in [3.8, 4) is 22.5 Å². The molecule has 0 bridgehead atoms. The lowest BCUT2D eigenvalue weighted by atomic mass is 9.97. The molecule has 4 heterocycles. The number of rotatable bonds is 5. The van der Waals surface area contributed by atoms with Crippen molar-refractivity contribution >= 4 is 11.6 Å². The smallest absolute Gasteiger partial charge is 0.262 e. The number of anilines is 1. The van der Waals surface area contributed by atoms with Gasteiger partial charge in [0.2, 0.25) is 5.60 Å². The van der Waals surface area contributed by atoms with Gasteiger partial charge in [-0.3, -0.25) is 9.78 Å². The molecule has 0 saturated carbocycles. The summed E-state index contributed by atoms with van der Waals surface area (Å²) < 4.78 is 10.8. The molecule has 2 aliphatic heterocycles. The largest absolute Gasteiger partial charge is 0.380 e. The number of nitrogens with zero attached hydrogens (tertiary/aromatic N) is 3. The highest BCUT2D eigenvalue weighted by Crippen LogP contribution is 2.35. The number of nitrogens with one attached hydrogen (secondary N) is 1. The number of benzene rings is 1. The fraction of sp³-hybridized carbons (Fsp3) is 0.348. The van der Waals surface area contributed by atoms with Crippen LogP contribution in [0.1, 0.15) is 18.6 Å². The molecular formula is C23H24N4O4. The van der Waals surface area contributed by atoms with E-state index in [0.717, 1.165) is 35.5 Å².